The van der Waals surface area contributed by atoms with Crippen LogP contribution in [0.1, 0.15) is 0 Å². The molecule has 2 rings (SSSR count). The summed E-state index contributed by atoms with van der Waals surface area (Å²) in [4.78, 5) is 4.24. The number of nitrogen functional groups attached to an aromatic ring is 1. The van der Waals surface area contributed by atoms with E-state index in [1.807, 2.05) is 36.4 Å². The highest BCUT2D eigenvalue weighted by molar-refractivity contribution is 5.61. The van der Waals surface area contributed by atoms with E-state index >= 15 is 0 Å². The lowest BCUT2D eigenvalue weighted by atomic mass is 10.1. The highest BCUT2D eigenvalue weighted by Crippen LogP contribution is 2.20. The molecule has 2 aromatic rings. The fourth-order valence-electron chi connectivity index (χ4n) is 1.34. The third-order valence-corrected chi connectivity index (χ3v) is 2.17. The molecule has 0 spiro atoms. The van der Waals surface area contributed by atoms with Gasteiger partial charge in [-0.05, 0) is 36.4 Å². The van der Waals surface area contributed by atoms with Gasteiger partial charge >= 0.3 is 0 Å². The zero-order chi connectivity index (χ0) is 10.7. The van der Waals surface area contributed by atoms with Crippen molar-refractivity contribution in [3.8, 4) is 17.0 Å². The number of hydrogen-bond donors (Lipinski definition) is 1. The van der Waals surface area contributed by atoms with Crippen LogP contribution in [0.3, 0.4) is 0 Å². The van der Waals surface area contributed by atoms with Gasteiger partial charge in [-0.3, -0.25) is 4.98 Å². The lowest BCUT2D eigenvalue weighted by Crippen LogP contribution is -1.88. The van der Waals surface area contributed by atoms with Gasteiger partial charge in [-0.25, -0.2) is 0 Å². The van der Waals surface area contributed by atoms with Gasteiger partial charge in [0.2, 0.25) is 0 Å². The van der Waals surface area contributed by atoms with Gasteiger partial charge in [-0.1, -0.05) is 0 Å². The molecule has 3 nitrogen and oxygen atoms in total. The van der Waals surface area contributed by atoms with E-state index in [0.29, 0.717) is 5.69 Å². The Morgan fingerprint density at radius 2 is 1.80 bits per heavy atom. The Bertz CT molecular complexity index is 434. The highest BCUT2D eigenvalue weighted by Gasteiger charge is 1.98. The first kappa shape index (κ1) is 9.52. The average Bonchev–Trinajstić information content (AvgIpc) is 2.30. The first-order chi connectivity index (χ1) is 7.29. The monoisotopic (exact) mass is 200 g/mol. The molecule has 0 aliphatic heterocycles. The van der Waals surface area contributed by atoms with E-state index in [1.54, 1.807) is 13.3 Å². The number of methoxy groups -OCH3 is 1. The van der Waals surface area contributed by atoms with E-state index in [2.05, 4.69) is 4.98 Å². The number of anilines is 1. The third kappa shape index (κ3) is 2.07. The molecule has 1 aromatic heterocycles. The van der Waals surface area contributed by atoms with Crippen molar-refractivity contribution in [3.05, 3.63) is 42.6 Å². The molecule has 15 heavy (non-hydrogen) atoms. The second-order valence-corrected chi connectivity index (χ2v) is 3.21. The highest BCUT2D eigenvalue weighted by atomic mass is 16.5. The Labute approximate surface area is 88.5 Å². The van der Waals surface area contributed by atoms with Gasteiger partial charge in [0, 0.05) is 5.56 Å². The Morgan fingerprint density at radius 1 is 1.07 bits per heavy atom. The van der Waals surface area contributed by atoms with Crippen LogP contribution in [-0.4, -0.2) is 12.1 Å². The molecule has 1 aromatic carbocycles. The molecule has 76 valence electrons. The van der Waals surface area contributed by atoms with Crippen LogP contribution in [0.5, 0.6) is 5.75 Å². The van der Waals surface area contributed by atoms with E-state index in [1.165, 1.54) is 0 Å². The summed E-state index contributed by atoms with van der Waals surface area (Å²) in [5.41, 5.74) is 8.20. The van der Waals surface area contributed by atoms with Crippen LogP contribution in [0, 0.1) is 0 Å². The number of benzene rings is 1. The van der Waals surface area contributed by atoms with Crippen LogP contribution >= 0.6 is 0 Å². The topological polar surface area (TPSA) is 48.1 Å². The van der Waals surface area contributed by atoms with Crippen molar-refractivity contribution in [3.63, 3.8) is 0 Å². The predicted octanol–water partition coefficient (Wildman–Crippen LogP) is 2.34. The van der Waals surface area contributed by atoms with E-state index in [-0.39, 0.29) is 0 Å². The molecular formula is C12H12N2O. The SMILES string of the molecule is COc1ccc(-c2ccc(N)cn2)cc1. The molecule has 0 aliphatic carbocycles. The fourth-order valence-corrected chi connectivity index (χ4v) is 1.34. The van der Waals surface area contributed by atoms with E-state index < -0.39 is 0 Å². The summed E-state index contributed by atoms with van der Waals surface area (Å²) < 4.78 is 5.08. The van der Waals surface area contributed by atoms with Crippen molar-refractivity contribution < 1.29 is 4.74 Å². The largest absolute Gasteiger partial charge is 0.497 e. The van der Waals surface area contributed by atoms with Crippen LogP contribution in [0.25, 0.3) is 11.3 Å². The molecule has 0 aliphatic rings. The fraction of sp³-hybridized carbons (Fsp3) is 0.0833. The molecule has 2 N–H and O–H groups in total. The molecular weight excluding hydrogens is 188 g/mol. The van der Waals surface area contributed by atoms with Crippen LogP contribution in [0.2, 0.25) is 0 Å². The van der Waals surface area contributed by atoms with Crippen molar-refractivity contribution in [2.45, 2.75) is 0 Å². The standard InChI is InChI=1S/C12H12N2O/c1-15-11-5-2-9(3-6-11)12-7-4-10(13)8-14-12/h2-8H,13H2,1H3. The van der Waals surface area contributed by atoms with Gasteiger partial charge in [0.15, 0.2) is 0 Å². The van der Waals surface area contributed by atoms with Gasteiger partial charge in [-0.2, -0.15) is 0 Å². The van der Waals surface area contributed by atoms with Crippen molar-refractivity contribution in [2.24, 2.45) is 0 Å². The minimum Gasteiger partial charge on any atom is -0.497 e. The summed E-state index contributed by atoms with van der Waals surface area (Å²) in [6, 6.07) is 11.5. The number of nitrogens with zero attached hydrogens (tertiary/aromatic N) is 1. The normalized spacial score (nSPS) is 9.93. The van der Waals surface area contributed by atoms with Crippen LogP contribution in [-0.2, 0) is 0 Å². The van der Waals surface area contributed by atoms with E-state index in [9.17, 15) is 0 Å². The zero-order valence-electron chi connectivity index (χ0n) is 8.47. The van der Waals surface area contributed by atoms with Gasteiger partial charge < -0.3 is 10.5 Å². The maximum atomic E-state index is 5.57. The minimum atomic E-state index is 0.673. The Kier molecular flexibility index (Phi) is 2.54. The Hall–Kier alpha value is -2.03. The van der Waals surface area contributed by atoms with Crippen molar-refractivity contribution in [1.82, 2.24) is 4.98 Å². The van der Waals surface area contributed by atoms with Gasteiger partial charge in [0.05, 0.1) is 24.7 Å². The molecule has 3 heteroatoms. The molecule has 0 saturated carbocycles. The quantitative estimate of drug-likeness (QED) is 0.809. The van der Waals surface area contributed by atoms with Gasteiger partial charge in [0.25, 0.3) is 0 Å². The molecule has 0 amide bonds. The maximum Gasteiger partial charge on any atom is 0.118 e. The van der Waals surface area contributed by atoms with Crippen LogP contribution < -0.4 is 10.5 Å². The minimum absolute atomic E-state index is 0.673. The average molecular weight is 200 g/mol. The molecule has 0 saturated heterocycles. The number of hydrogen-bond acceptors (Lipinski definition) is 3. The summed E-state index contributed by atoms with van der Waals surface area (Å²) >= 11 is 0. The molecule has 0 atom stereocenters. The smallest absolute Gasteiger partial charge is 0.118 e. The lowest BCUT2D eigenvalue weighted by Gasteiger charge is -2.03. The summed E-state index contributed by atoms with van der Waals surface area (Å²) in [6.07, 6.45) is 1.65. The predicted molar refractivity (Wildman–Crippen MR) is 60.6 cm³/mol. The molecule has 0 fully saturated rings. The van der Waals surface area contributed by atoms with Crippen LogP contribution in [0.15, 0.2) is 42.6 Å². The second-order valence-electron chi connectivity index (χ2n) is 3.21. The molecule has 1 heterocycles. The van der Waals surface area contributed by atoms with Crippen molar-refractivity contribution in [1.29, 1.82) is 0 Å². The van der Waals surface area contributed by atoms with E-state index in [4.69, 9.17) is 10.5 Å². The summed E-state index contributed by atoms with van der Waals surface area (Å²) in [5, 5.41) is 0. The Morgan fingerprint density at radius 3 is 2.33 bits per heavy atom. The second kappa shape index (κ2) is 4.00. The number of pyridine rings is 1. The zero-order valence-corrected chi connectivity index (χ0v) is 8.47. The molecule has 0 radical (unpaired) electrons. The third-order valence-electron chi connectivity index (χ3n) is 2.17. The van der Waals surface area contributed by atoms with E-state index in [0.717, 1.165) is 17.0 Å². The Balaban J connectivity index is 2.33. The maximum absolute atomic E-state index is 5.57. The summed E-state index contributed by atoms with van der Waals surface area (Å²) in [6.45, 7) is 0. The van der Waals surface area contributed by atoms with Gasteiger partial charge in [0.1, 0.15) is 5.75 Å². The number of nitrogens with two attached hydrogens (primary N) is 1. The first-order valence-corrected chi connectivity index (χ1v) is 4.65. The van der Waals surface area contributed by atoms with Crippen molar-refractivity contribution in [2.75, 3.05) is 12.8 Å². The van der Waals surface area contributed by atoms with Crippen LogP contribution in [0.4, 0.5) is 5.69 Å². The molecule has 0 bridgehead atoms. The van der Waals surface area contributed by atoms with Crippen molar-refractivity contribution >= 4 is 5.69 Å². The summed E-state index contributed by atoms with van der Waals surface area (Å²) in [5.74, 6) is 0.842. The number of aromatic nitrogens is 1. The summed E-state index contributed by atoms with van der Waals surface area (Å²) in [7, 11) is 1.65. The lowest BCUT2D eigenvalue weighted by molar-refractivity contribution is 0.415. The first-order valence-electron chi connectivity index (χ1n) is 4.65. The van der Waals surface area contributed by atoms with Gasteiger partial charge in [-0.15, -0.1) is 0 Å². The number of ether oxygens (including phenoxy) is 1. The number of rotatable bonds is 2. The molecule has 0 unspecified atom stereocenters.